The van der Waals surface area contributed by atoms with E-state index in [1.54, 1.807) is 12.1 Å². The number of hydrogen-bond acceptors (Lipinski definition) is 5. The minimum Gasteiger partial charge on any atom is -0.465 e. The minimum atomic E-state index is -0.892. The van der Waals surface area contributed by atoms with Crippen molar-refractivity contribution in [3.05, 3.63) is 51.8 Å². The highest BCUT2D eigenvalue weighted by Gasteiger charge is 2.46. The van der Waals surface area contributed by atoms with Gasteiger partial charge in [-0.1, -0.05) is 27.2 Å². The molecule has 2 aliphatic heterocycles. The Labute approximate surface area is 172 Å². The van der Waals surface area contributed by atoms with Crippen molar-refractivity contribution in [2.45, 2.75) is 96.0 Å². The first-order valence-corrected chi connectivity index (χ1v) is 11.0. The number of nitrogens with zero attached hydrogens (tertiary/aromatic N) is 3. The largest absolute Gasteiger partial charge is 0.465 e. The molecular formula is C23H33N3O3. The average Bonchev–Trinajstić information content (AvgIpc) is 3.12. The topological polar surface area (TPSA) is 71.5 Å². The van der Waals surface area contributed by atoms with Crippen LogP contribution < -0.4 is 5.56 Å². The normalized spacial score (nSPS) is 27.5. The molecular weight excluding hydrogens is 366 g/mol. The number of fused-ring (bicyclic) bond motifs is 2. The molecule has 1 N–H and O–H groups in total. The van der Waals surface area contributed by atoms with Crippen LogP contribution in [0.5, 0.6) is 0 Å². The molecule has 6 nitrogen and oxygen atoms in total. The van der Waals surface area contributed by atoms with E-state index in [1.807, 2.05) is 0 Å². The van der Waals surface area contributed by atoms with Crippen LogP contribution >= 0.6 is 0 Å². The highest BCUT2D eigenvalue weighted by Crippen LogP contribution is 2.40. The van der Waals surface area contributed by atoms with Crippen molar-refractivity contribution in [3.63, 3.8) is 0 Å². The zero-order valence-electron chi connectivity index (χ0n) is 17.8. The van der Waals surface area contributed by atoms with Crippen molar-refractivity contribution in [1.29, 1.82) is 0 Å². The van der Waals surface area contributed by atoms with Crippen LogP contribution in [0.2, 0.25) is 0 Å². The van der Waals surface area contributed by atoms with Gasteiger partial charge < -0.3 is 9.52 Å². The second-order valence-electron chi connectivity index (χ2n) is 9.17. The zero-order chi connectivity index (χ0) is 20.6. The number of furan rings is 1. The van der Waals surface area contributed by atoms with Crippen LogP contribution in [0.15, 0.2) is 33.5 Å². The lowest BCUT2D eigenvalue weighted by molar-refractivity contribution is -0.106. The summed E-state index contributed by atoms with van der Waals surface area (Å²) in [6.45, 7) is 7.30. The van der Waals surface area contributed by atoms with Crippen LogP contribution in [0.25, 0.3) is 0 Å². The van der Waals surface area contributed by atoms with E-state index in [4.69, 9.17) is 4.42 Å². The van der Waals surface area contributed by atoms with Gasteiger partial charge in [0.15, 0.2) is 0 Å². The Morgan fingerprint density at radius 2 is 1.86 bits per heavy atom. The number of piperidine rings is 2. The third-order valence-electron chi connectivity index (χ3n) is 6.57. The molecule has 0 aliphatic carbocycles. The molecule has 2 saturated heterocycles. The van der Waals surface area contributed by atoms with Gasteiger partial charge in [-0.3, -0.25) is 9.69 Å². The summed E-state index contributed by atoms with van der Waals surface area (Å²) in [6, 6.07) is 8.13. The molecule has 0 saturated carbocycles. The molecule has 2 fully saturated rings. The molecule has 4 heterocycles. The highest BCUT2D eigenvalue weighted by molar-refractivity contribution is 5.10. The van der Waals surface area contributed by atoms with Gasteiger partial charge in [0.25, 0.3) is 5.56 Å². The van der Waals surface area contributed by atoms with Crippen molar-refractivity contribution >= 4 is 0 Å². The summed E-state index contributed by atoms with van der Waals surface area (Å²) in [7, 11) is 0. The fourth-order valence-corrected chi connectivity index (χ4v) is 5.05. The summed E-state index contributed by atoms with van der Waals surface area (Å²) in [4.78, 5) is 14.9. The maximum atomic E-state index is 12.4. The van der Waals surface area contributed by atoms with E-state index in [0.29, 0.717) is 24.9 Å². The maximum Gasteiger partial charge on any atom is 0.266 e. The third kappa shape index (κ3) is 4.33. The summed E-state index contributed by atoms with van der Waals surface area (Å²) in [5.74, 6) is 2.28. The Morgan fingerprint density at radius 1 is 1.17 bits per heavy atom. The van der Waals surface area contributed by atoms with Gasteiger partial charge >= 0.3 is 0 Å². The molecule has 2 bridgehead atoms. The van der Waals surface area contributed by atoms with Gasteiger partial charge in [0.05, 0.1) is 24.4 Å². The molecule has 2 atom stereocenters. The fourth-order valence-electron chi connectivity index (χ4n) is 5.05. The van der Waals surface area contributed by atoms with Crippen LogP contribution in [0, 0.1) is 0 Å². The number of aliphatic hydroxyl groups is 1. The number of rotatable bonds is 6. The van der Waals surface area contributed by atoms with Crippen LogP contribution in [0.1, 0.15) is 76.0 Å². The Morgan fingerprint density at radius 3 is 2.48 bits per heavy atom. The third-order valence-corrected chi connectivity index (χ3v) is 6.57. The predicted octanol–water partition coefficient (Wildman–Crippen LogP) is 3.47. The van der Waals surface area contributed by atoms with Crippen LogP contribution in [0.3, 0.4) is 0 Å². The van der Waals surface area contributed by atoms with Crippen LogP contribution in [0.4, 0.5) is 0 Å². The lowest BCUT2D eigenvalue weighted by Gasteiger charge is -2.51. The van der Waals surface area contributed by atoms with Crippen molar-refractivity contribution in [2.24, 2.45) is 0 Å². The van der Waals surface area contributed by atoms with Gasteiger partial charge in [0, 0.05) is 24.6 Å². The van der Waals surface area contributed by atoms with Crippen LogP contribution in [-0.2, 0) is 19.5 Å². The van der Waals surface area contributed by atoms with E-state index < -0.39 is 5.60 Å². The van der Waals surface area contributed by atoms with E-state index in [1.165, 1.54) is 11.1 Å². The molecule has 29 heavy (non-hydrogen) atoms. The number of aryl methyl sites for hydroxylation is 1. The SMILES string of the molecule is CCc1ccc(CN2[C@@H]3CCC[C@@H]2CC(O)(Cn2nc(C(C)C)ccc2=O)C3)o1. The maximum absolute atomic E-state index is 12.4. The van der Waals surface area contributed by atoms with Crippen molar-refractivity contribution in [1.82, 2.24) is 14.7 Å². The fraction of sp³-hybridized carbons (Fsp3) is 0.652. The highest BCUT2D eigenvalue weighted by atomic mass is 16.3. The summed E-state index contributed by atoms with van der Waals surface area (Å²) < 4.78 is 7.41. The molecule has 2 aromatic heterocycles. The predicted molar refractivity (Wildman–Crippen MR) is 112 cm³/mol. The molecule has 2 aliphatic rings. The van der Waals surface area contributed by atoms with Gasteiger partial charge in [-0.15, -0.1) is 0 Å². The quantitative estimate of drug-likeness (QED) is 0.805. The summed E-state index contributed by atoms with van der Waals surface area (Å²) in [5.41, 5.74) is -0.148. The van der Waals surface area contributed by atoms with Crippen molar-refractivity contribution < 1.29 is 9.52 Å². The average molecular weight is 400 g/mol. The van der Waals surface area contributed by atoms with E-state index in [9.17, 15) is 9.90 Å². The monoisotopic (exact) mass is 399 g/mol. The standard InChI is InChI=1S/C23H33N3O3/c1-4-19-8-9-20(29-19)14-25-17-6-5-7-18(25)13-23(28,12-17)15-26-22(27)11-10-21(24-26)16(2)3/h8-11,16-18,28H,4-7,12-15H2,1-3H3/t17-,18-/m1/s1. The molecule has 0 aromatic carbocycles. The van der Waals surface area contributed by atoms with Gasteiger partial charge in [-0.05, 0) is 49.8 Å². The number of hydrogen-bond donors (Lipinski definition) is 1. The zero-order valence-corrected chi connectivity index (χ0v) is 17.8. The number of aromatic nitrogens is 2. The van der Waals surface area contributed by atoms with Gasteiger partial charge in [0.1, 0.15) is 11.5 Å². The summed E-state index contributed by atoms with van der Waals surface area (Å²) in [5, 5.41) is 16.0. The molecule has 0 unspecified atom stereocenters. The van der Waals surface area contributed by atoms with Gasteiger partial charge in [-0.2, -0.15) is 5.10 Å². The lowest BCUT2D eigenvalue weighted by Crippen LogP contribution is -2.59. The van der Waals surface area contributed by atoms with E-state index in [0.717, 1.165) is 43.0 Å². The van der Waals surface area contributed by atoms with Crippen molar-refractivity contribution in [2.75, 3.05) is 0 Å². The van der Waals surface area contributed by atoms with Gasteiger partial charge in [-0.25, -0.2) is 4.68 Å². The molecule has 0 amide bonds. The van der Waals surface area contributed by atoms with E-state index >= 15 is 0 Å². The van der Waals surface area contributed by atoms with E-state index in [-0.39, 0.29) is 18.0 Å². The molecule has 4 rings (SSSR count). The Hall–Kier alpha value is -1.92. The second kappa shape index (κ2) is 8.07. The molecule has 2 aromatic rings. The summed E-state index contributed by atoms with van der Waals surface area (Å²) in [6.07, 6.45) is 5.60. The molecule has 158 valence electrons. The Kier molecular flexibility index (Phi) is 5.67. The minimum absolute atomic E-state index is 0.141. The first kappa shape index (κ1) is 20.4. The van der Waals surface area contributed by atoms with Crippen molar-refractivity contribution in [3.8, 4) is 0 Å². The Balaban J connectivity index is 1.51. The van der Waals surface area contributed by atoms with E-state index in [2.05, 4.69) is 42.9 Å². The first-order valence-electron chi connectivity index (χ1n) is 11.0. The van der Waals surface area contributed by atoms with Gasteiger partial charge in [0.2, 0.25) is 0 Å². The first-order chi connectivity index (χ1) is 13.9. The molecule has 0 radical (unpaired) electrons. The molecule has 6 heteroatoms. The smallest absolute Gasteiger partial charge is 0.266 e. The van der Waals surface area contributed by atoms with Crippen LogP contribution in [-0.4, -0.2) is 37.5 Å². The second-order valence-corrected chi connectivity index (χ2v) is 9.17. The summed E-state index contributed by atoms with van der Waals surface area (Å²) >= 11 is 0. The molecule has 0 spiro atoms. The Bertz CT molecular complexity index is 887. The lowest BCUT2D eigenvalue weighted by atomic mass is 9.75.